The van der Waals surface area contributed by atoms with Gasteiger partial charge in [-0.15, -0.1) is 5.10 Å². The van der Waals surface area contributed by atoms with Crippen molar-refractivity contribution in [2.24, 2.45) is 0 Å². The van der Waals surface area contributed by atoms with E-state index in [0.717, 1.165) is 48.9 Å². The molecular formula is C24H26N6OS. The molecule has 1 saturated heterocycles. The molecule has 0 bridgehead atoms. The maximum atomic E-state index is 5.92. The topological polar surface area (TPSA) is 64.9 Å². The number of aryl methyl sites for hydroxylation is 2. The SMILES string of the molecule is Cc1ccc(-n2c(-c3ccccc3)nn(CN3CCCC(c4nc(C)no4)C3)c2=S)cc1. The van der Waals surface area contributed by atoms with Crippen LogP contribution in [0.4, 0.5) is 0 Å². The molecule has 5 rings (SSSR count). The fraction of sp³-hybridized carbons (Fsp3) is 0.333. The van der Waals surface area contributed by atoms with Crippen LogP contribution in [-0.4, -0.2) is 42.5 Å². The summed E-state index contributed by atoms with van der Waals surface area (Å²) in [7, 11) is 0. The number of hydrogen-bond acceptors (Lipinski definition) is 6. The highest BCUT2D eigenvalue weighted by atomic mass is 32.1. The molecule has 164 valence electrons. The van der Waals surface area contributed by atoms with Crippen molar-refractivity contribution in [2.45, 2.75) is 39.3 Å². The first-order valence-corrected chi connectivity index (χ1v) is 11.3. The van der Waals surface area contributed by atoms with Gasteiger partial charge in [0.1, 0.15) is 0 Å². The lowest BCUT2D eigenvalue weighted by molar-refractivity contribution is 0.143. The Morgan fingerprint density at radius 2 is 1.84 bits per heavy atom. The van der Waals surface area contributed by atoms with Crippen molar-refractivity contribution in [3.63, 3.8) is 0 Å². The maximum absolute atomic E-state index is 5.92. The molecule has 8 heteroatoms. The summed E-state index contributed by atoms with van der Waals surface area (Å²) in [6.45, 7) is 6.41. The van der Waals surface area contributed by atoms with Crippen molar-refractivity contribution in [3.05, 3.63) is 76.6 Å². The molecule has 0 spiro atoms. The highest BCUT2D eigenvalue weighted by Crippen LogP contribution is 2.27. The van der Waals surface area contributed by atoms with Gasteiger partial charge >= 0.3 is 0 Å². The molecule has 1 fully saturated rings. The summed E-state index contributed by atoms with van der Waals surface area (Å²) in [4.78, 5) is 6.81. The van der Waals surface area contributed by atoms with Crippen molar-refractivity contribution >= 4 is 12.2 Å². The van der Waals surface area contributed by atoms with Gasteiger partial charge in [0.05, 0.1) is 12.6 Å². The average molecular weight is 447 g/mol. The first-order valence-electron chi connectivity index (χ1n) is 10.9. The van der Waals surface area contributed by atoms with Gasteiger partial charge in [-0.3, -0.25) is 9.47 Å². The molecule has 0 N–H and O–H groups in total. The fourth-order valence-corrected chi connectivity index (χ4v) is 4.54. The molecule has 1 atom stereocenters. The van der Waals surface area contributed by atoms with Gasteiger partial charge in [-0.2, -0.15) is 4.98 Å². The largest absolute Gasteiger partial charge is 0.339 e. The monoisotopic (exact) mass is 446 g/mol. The van der Waals surface area contributed by atoms with E-state index in [0.29, 0.717) is 17.3 Å². The number of aromatic nitrogens is 5. The van der Waals surface area contributed by atoms with Gasteiger partial charge in [0.15, 0.2) is 11.6 Å². The van der Waals surface area contributed by atoms with Gasteiger partial charge in [0, 0.05) is 17.8 Å². The minimum Gasteiger partial charge on any atom is -0.339 e. The molecule has 3 heterocycles. The summed E-state index contributed by atoms with van der Waals surface area (Å²) in [5.41, 5.74) is 3.27. The van der Waals surface area contributed by atoms with E-state index < -0.39 is 0 Å². The maximum Gasteiger partial charge on any atom is 0.231 e. The lowest BCUT2D eigenvalue weighted by Gasteiger charge is -2.30. The standard InChI is InChI=1S/C24H26N6OS/c1-17-10-12-21(13-11-17)30-22(19-7-4-3-5-8-19)26-29(24(30)32)16-28-14-6-9-20(15-28)23-25-18(2)27-31-23/h3-5,7-8,10-13,20H,6,9,14-16H2,1-2H3. The third-order valence-electron chi connectivity index (χ3n) is 5.90. The molecule has 2 aromatic heterocycles. The van der Waals surface area contributed by atoms with Gasteiger partial charge < -0.3 is 4.52 Å². The van der Waals surface area contributed by atoms with E-state index in [2.05, 4.69) is 62.9 Å². The van der Waals surface area contributed by atoms with Crippen LogP contribution in [0, 0.1) is 18.6 Å². The fourth-order valence-electron chi connectivity index (χ4n) is 4.25. The Balaban J connectivity index is 1.48. The number of hydrogen-bond donors (Lipinski definition) is 0. The molecule has 4 aromatic rings. The van der Waals surface area contributed by atoms with Crippen molar-refractivity contribution < 1.29 is 4.52 Å². The van der Waals surface area contributed by atoms with Gasteiger partial charge in [-0.1, -0.05) is 53.2 Å². The van der Waals surface area contributed by atoms with Crippen LogP contribution in [0.2, 0.25) is 0 Å². The highest BCUT2D eigenvalue weighted by Gasteiger charge is 2.26. The van der Waals surface area contributed by atoms with E-state index in [1.165, 1.54) is 5.56 Å². The van der Waals surface area contributed by atoms with Gasteiger partial charge in [0.25, 0.3) is 0 Å². The third-order valence-corrected chi connectivity index (χ3v) is 6.29. The second kappa shape index (κ2) is 8.80. The zero-order chi connectivity index (χ0) is 22.1. The zero-order valence-electron chi connectivity index (χ0n) is 18.3. The van der Waals surface area contributed by atoms with E-state index in [1.807, 2.05) is 29.8 Å². The Morgan fingerprint density at radius 3 is 2.56 bits per heavy atom. The lowest BCUT2D eigenvalue weighted by Crippen LogP contribution is -2.36. The predicted octanol–water partition coefficient (Wildman–Crippen LogP) is 4.91. The van der Waals surface area contributed by atoms with Crippen LogP contribution >= 0.6 is 12.2 Å². The number of rotatable bonds is 5. The molecule has 32 heavy (non-hydrogen) atoms. The Hall–Kier alpha value is -3.10. The molecular weight excluding hydrogens is 420 g/mol. The predicted molar refractivity (Wildman–Crippen MR) is 125 cm³/mol. The van der Waals surface area contributed by atoms with Gasteiger partial charge in [-0.25, -0.2) is 4.68 Å². The van der Waals surface area contributed by atoms with E-state index >= 15 is 0 Å². The Morgan fingerprint density at radius 1 is 1.06 bits per heavy atom. The summed E-state index contributed by atoms with van der Waals surface area (Å²) < 4.78 is 10.1. The van der Waals surface area contributed by atoms with E-state index in [4.69, 9.17) is 21.8 Å². The molecule has 1 unspecified atom stereocenters. The first-order chi connectivity index (χ1) is 15.6. The number of likely N-dealkylation sites (tertiary alicyclic amines) is 1. The van der Waals surface area contributed by atoms with Crippen molar-refractivity contribution in [1.82, 2.24) is 29.4 Å². The van der Waals surface area contributed by atoms with Crippen LogP contribution in [0.3, 0.4) is 0 Å². The van der Waals surface area contributed by atoms with Crippen LogP contribution in [-0.2, 0) is 6.67 Å². The number of piperidine rings is 1. The number of nitrogens with zero attached hydrogens (tertiary/aromatic N) is 6. The smallest absolute Gasteiger partial charge is 0.231 e. The summed E-state index contributed by atoms with van der Waals surface area (Å²) in [5.74, 6) is 2.50. The minimum absolute atomic E-state index is 0.242. The summed E-state index contributed by atoms with van der Waals surface area (Å²) in [6, 6.07) is 18.6. The van der Waals surface area contributed by atoms with Crippen molar-refractivity contribution in [1.29, 1.82) is 0 Å². The summed E-state index contributed by atoms with van der Waals surface area (Å²) in [5, 5.41) is 8.92. The minimum atomic E-state index is 0.242. The summed E-state index contributed by atoms with van der Waals surface area (Å²) >= 11 is 5.92. The van der Waals surface area contributed by atoms with Crippen LogP contribution in [0.5, 0.6) is 0 Å². The molecule has 0 aliphatic carbocycles. The van der Waals surface area contributed by atoms with E-state index in [1.54, 1.807) is 0 Å². The molecule has 1 aliphatic heterocycles. The van der Waals surface area contributed by atoms with E-state index in [-0.39, 0.29) is 5.92 Å². The Kier molecular flexibility index (Phi) is 5.71. The van der Waals surface area contributed by atoms with Crippen molar-refractivity contribution in [2.75, 3.05) is 13.1 Å². The molecule has 0 radical (unpaired) electrons. The quantitative estimate of drug-likeness (QED) is 0.406. The third kappa shape index (κ3) is 4.16. The van der Waals surface area contributed by atoms with Crippen LogP contribution in [0.1, 0.15) is 36.0 Å². The van der Waals surface area contributed by atoms with Crippen molar-refractivity contribution in [3.8, 4) is 17.1 Å². The Labute approximate surface area is 192 Å². The molecule has 0 saturated carbocycles. The number of benzene rings is 2. The second-order valence-electron chi connectivity index (χ2n) is 8.38. The second-order valence-corrected chi connectivity index (χ2v) is 8.75. The van der Waals surface area contributed by atoms with Gasteiger partial charge in [-0.05, 0) is 57.6 Å². The Bertz CT molecular complexity index is 1260. The summed E-state index contributed by atoms with van der Waals surface area (Å²) in [6.07, 6.45) is 2.13. The normalized spacial score (nSPS) is 17.0. The molecule has 1 aliphatic rings. The first kappa shape index (κ1) is 20.8. The lowest BCUT2D eigenvalue weighted by atomic mass is 9.98. The molecule has 0 amide bonds. The molecule has 2 aromatic carbocycles. The van der Waals surface area contributed by atoms with Crippen LogP contribution in [0.25, 0.3) is 17.1 Å². The van der Waals surface area contributed by atoms with Crippen LogP contribution in [0.15, 0.2) is 59.1 Å². The highest BCUT2D eigenvalue weighted by molar-refractivity contribution is 7.71. The zero-order valence-corrected chi connectivity index (χ0v) is 19.1. The van der Waals surface area contributed by atoms with Gasteiger partial charge in [0.2, 0.25) is 10.7 Å². The van der Waals surface area contributed by atoms with E-state index in [9.17, 15) is 0 Å². The average Bonchev–Trinajstić information content (AvgIpc) is 3.39. The molecule has 7 nitrogen and oxygen atoms in total. The van der Waals surface area contributed by atoms with Crippen LogP contribution < -0.4 is 0 Å².